The van der Waals surface area contributed by atoms with Gasteiger partial charge in [0.2, 0.25) is 21.5 Å². The molecule has 3 aromatic carbocycles. The second-order valence-corrected chi connectivity index (χ2v) is 23.9. The molecule has 2 fully saturated rings. The number of hydrogen-bond donors (Lipinski definition) is 6. The first-order chi connectivity index (χ1) is 37.1. The molecule has 4 aliphatic rings. The molecule has 406 valence electrons. The van der Waals surface area contributed by atoms with Crippen molar-refractivity contribution in [2.75, 3.05) is 11.1 Å². The van der Waals surface area contributed by atoms with Gasteiger partial charge in [-0.05, 0) is 102 Å². The van der Waals surface area contributed by atoms with Crippen LogP contribution >= 0.6 is 12.2 Å². The molecule has 2 aliphatic heterocycles. The number of esters is 2. The summed E-state index contributed by atoms with van der Waals surface area (Å²) in [7, 11) is -4.16. The third-order valence-corrected chi connectivity index (χ3v) is 18.3. The maximum Gasteiger partial charge on any atom is 0.355 e. The number of amides is 1. The van der Waals surface area contributed by atoms with Gasteiger partial charge < -0.3 is 40.1 Å². The highest BCUT2D eigenvalue weighted by Crippen LogP contribution is 2.64. The number of cyclic esters (lactones) is 1. The fraction of sp³-hybridized carbons (Fsp3) is 0.386. The Morgan fingerprint density at radius 2 is 1.73 bits per heavy atom. The lowest BCUT2D eigenvalue weighted by Crippen LogP contribution is -2.56. The number of rotatable bonds is 18. The number of carbonyl (C=O) groups is 5. The van der Waals surface area contributed by atoms with Crippen LogP contribution < -0.4 is 26.2 Å². The number of hydrogen-bond acceptors (Lipinski definition) is 13. The fourth-order valence-electron chi connectivity index (χ4n) is 11.9. The molecule has 6 atom stereocenters. The zero-order chi connectivity index (χ0) is 55.5. The summed E-state index contributed by atoms with van der Waals surface area (Å²) in [5.74, 6) is -4.68. The average Bonchev–Trinajstić information content (AvgIpc) is 4.35. The number of benzene rings is 3. The number of H-pyrrole nitrogens is 1. The van der Waals surface area contributed by atoms with E-state index in [1.165, 1.54) is 6.33 Å². The SMILES string of the molecule is CC[C@@]1(OC(=O)C(NC(=O)C(Cc2cnc[nH]2)NC(=S)Nc2cccc(-c3ccc(C[C@H](NS(=O)(=O)CC45CCC(CC4=O)C5(C)C)C(=O)O)cc3)c2)C(C)C)C(=O)OCc2c1cc1n(c2=O)Cc2cc3ccccc3nc2-1. The van der Waals surface area contributed by atoms with E-state index < -0.39 is 85.6 Å². The van der Waals surface area contributed by atoms with Gasteiger partial charge in [0.25, 0.3) is 5.56 Å². The van der Waals surface area contributed by atoms with E-state index in [0.717, 1.165) is 34.0 Å². The standard InChI is InChI=1S/C57H60N8O11S2/c1-6-57(41-25-45-48-36(21-35-10-7-8-13-42(35)61-48)27-65(45)50(68)40(41)28-75-53(57)72)76-52(71)47(31(2)3)63-49(67)43(24-39-26-58-30-59-39)62-54(77)60-38-12-9-11-34(22-38)33-16-14-32(15-17-33)20-44(51(69)70)64-78(73,74)29-56-19-18-37(23-46(56)66)55(56,4)5/h7-17,21-22,25-26,30-31,37,43-44,47,64H,6,18-20,23-24,27-29H2,1-5H3,(H,58,59)(H,63,67)(H,69,70)(H2,60,62,77)/t37?,43?,44-,47?,56?,57-/m0/s1. The molecule has 3 aromatic heterocycles. The Kier molecular flexibility index (Phi) is 14.2. The van der Waals surface area contributed by atoms with E-state index in [4.69, 9.17) is 26.7 Å². The van der Waals surface area contributed by atoms with Gasteiger partial charge in [-0.2, -0.15) is 0 Å². The van der Waals surface area contributed by atoms with Gasteiger partial charge in [0.15, 0.2) is 5.11 Å². The molecule has 2 saturated carbocycles. The largest absolute Gasteiger partial charge is 0.480 e. The number of aromatic nitrogens is 4. The number of Topliss-reactive ketones (excluding diaryl/α,β-unsaturated/α-hetero) is 1. The first-order valence-corrected chi connectivity index (χ1v) is 28.0. The number of fused-ring (bicyclic) bond motifs is 7. The van der Waals surface area contributed by atoms with Gasteiger partial charge in [-0.25, -0.2) is 32.7 Å². The number of sulfonamides is 1. The Bertz CT molecular complexity index is 3600. The number of aromatic amines is 1. The number of pyridine rings is 2. The Hall–Kier alpha value is -7.62. The number of para-hydroxylation sites is 1. The lowest BCUT2D eigenvalue weighted by molar-refractivity contribution is -0.191. The molecule has 10 rings (SSSR count). The molecule has 0 spiro atoms. The summed E-state index contributed by atoms with van der Waals surface area (Å²) in [6.45, 7) is 8.91. The van der Waals surface area contributed by atoms with Gasteiger partial charge in [0.1, 0.15) is 30.5 Å². The number of ketones is 1. The number of aliphatic carboxylic acids is 1. The molecule has 6 N–H and O–H groups in total. The highest BCUT2D eigenvalue weighted by molar-refractivity contribution is 7.89. The van der Waals surface area contributed by atoms with Crippen LogP contribution in [0.1, 0.15) is 88.2 Å². The molecule has 19 nitrogen and oxygen atoms in total. The topological polar surface area (TPSA) is 270 Å². The van der Waals surface area contributed by atoms with Crippen molar-refractivity contribution in [2.24, 2.45) is 22.7 Å². The van der Waals surface area contributed by atoms with Crippen LogP contribution in [0.25, 0.3) is 33.4 Å². The predicted octanol–water partition coefficient (Wildman–Crippen LogP) is 6.07. The molecule has 4 unspecified atom stereocenters. The molecular formula is C57H60N8O11S2. The van der Waals surface area contributed by atoms with Crippen LogP contribution in [0.5, 0.6) is 0 Å². The van der Waals surface area contributed by atoms with E-state index in [1.807, 2.05) is 56.3 Å². The van der Waals surface area contributed by atoms with Crippen LogP contribution in [0.4, 0.5) is 5.69 Å². The van der Waals surface area contributed by atoms with Crippen LogP contribution in [0, 0.1) is 22.7 Å². The minimum Gasteiger partial charge on any atom is -0.480 e. The summed E-state index contributed by atoms with van der Waals surface area (Å²) in [6.07, 6.45) is 4.44. The van der Waals surface area contributed by atoms with E-state index in [0.29, 0.717) is 41.2 Å². The van der Waals surface area contributed by atoms with Crippen LogP contribution in [0.3, 0.4) is 0 Å². The van der Waals surface area contributed by atoms with Crippen molar-refractivity contribution in [3.05, 3.63) is 136 Å². The Labute approximate surface area is 455 Å². The third kappa shape index (κ3) is 9.87. The van der Waals surface area contributed by atoms with Crippen molar-refractivity contribution in [3.8, 4) is 22.5 Å². The first-order valence-electron chi connectivity index (χ1n) is 26.0. The van der Waals surface area contributed by atoms with Gasteiger partial charge in [0.05, 0.1) is 41.1 Å². The van der Waals surface area contributed by atoms with Crippen LogP contribution in [0.15, 0.2) is 102 Å². The Balaban J connectivity index is 0.815. The van der Waals surface area contributed by atoms with Crippen LogP contribution in [-0.2, 0) is 75.1 Å². The second-order valence-electron chi connectivity index (χ2n) is 21.8. The first kappa shape index (κ1) is 53.8. The number of ether oxygens (including phenoxy) is 2. The summed E-state index contributed by atoms with van der Waals surface area (Å²) in [4.78, 5) is 94.5. The summed E-state index contributed by atoms with van der Waals surface area (Å²) < 4.78 is 42.8. The molecule has 0 saturated heterocycles. The van der Waals surface area contributed by atoms with Crippen molar-refractivity contribution in [1.29, 1.82) is 0 Å². The smallest absolute Gasteiger partial charge is 0.355 e. The molecule has 1 amide bonds. The normalized spacial score (nSPS) is 21.0. The number of nitrogens with one attached hydrogen (secondary N) is 5. The van der Waals surface area contributed by atoms with Gasteiger partial charge in [-0.15, -0.1) is 0 Å². The maximum atomic E-state index is 14.5. The highest BCUT2D eigenvalue weighted by atomic mass is 32.2. The number of anilines is 1. The molecule has 6 aromatic rings. The number of thiocarbonyl (C=S) groups is 1. The van der Waals surface area contributed by atoms with E-state index in [-0.39, 0.29) is 60.4 Å². The summed E-state index contributed by atoms with van der Waals surface area (Å²) in [6, 6.07) is 21.8. The lowest BCUT2D eigenvalue weighted by atomic mass is 9.70. The summed E-state index contributed by atoms with van der Waals surface area (Å²) >= 11 is 5.76. The van der Waals surface area contributed by atoms with E-state index in [2.05, 4.69) is 30.6 Å². The maximum absolute atomic E-state index is 14.5. The third-order valence-electron chi connectivity index (χ3n) is 16.5. The van der Waals surface area contributed by atoms with Gasteiger partial charge in [-0.1, -0.05) is 89.2 Å². The van der Waals surface area contributed by atoms with E-state index in [9.17, 15) is 42.3 Å². The predicted molar refractivity (Wildman–Crippen MR) is 293 cm³/mol. The zero-order valence-electron chi connectivity index (χ0n) is 43.7. The molecule has 5 heterocycles. The van der Waals surface area contributed by atoms with Crippen molar-refractivity contribution in [3.63, 3.8) is 0 Å². The van der Waals surface area contributed by atoms with Crippen molar-refractivity contribution in [2.45, 2.75) is 110 Å². The van der Waals surface area contributed by atoms with Crippen molar-refractivity contribution < 1.29 is 47.0 Å². The number of carbonyl (C=O) groups excluding carboxylic acids is 4. The minimum absolute atomic E-state index is 0.0571. The van der Waals surface area contributed by atoms with E-state index in [1.54, 1.807) is 74.0 Å². The lowest BCUT2D eigenvalue weighted by Gasteiger charge is -2.37. The molecule has 0 radical (unpaired) electrons. The van der Waals surface area contributed by atoms with Gasteiger partial charge in [-0.3, -0.25) is 19.2 Å². The van der Waals surface area contributed by atoms with Gasteiger partial charge in [0, 0.05) is 52.3 Å². The Morgan fingerprint density at radius 3 is 2.41 bits per heavy atom. The highest BCUT2D eigenvalue weighted by Gasteiger charge is 2.65. The number of nitrogens with zero attached hydrogens (tertiary/aromatic N) is 3. The van der Waals surface area contributed by atoms with E-state index >= 15 is 0 Å². The van der Waals surface area contributed by atoms with Gasteiger partial charge >= 0.3 is 17.9 Å². The van der Waals surface area contributed by atoms with Crippen molar-refractivity contribution >= 4 is 73.5 Å². The number of carboxylic acids is 1. The van der Waals surface area contributed by atoms with Crippen molar-refractivity contribution in [1.82, 2.24) is 34.9 Å². The molecule has 78 heavy (non-hydrogen) atoms. The van der Waals surface area contributed by atoms with Crippen LogP contribution in [0.2, 0.25) is 0 Å². The number of carboxylic acid groups (broad SMARTS) is 1. The average molecular weight is 1100 g/mol. The molecule has 21 heteroatoms. The fourth-order valence-corrected chi connectivity index (χ4v) is 14.2. The molecule has 2 aliphatic carbocycles. The monoisotopic (exact) mass is 1100 g/mol. The Morgan fingerprint density at radius 1 is 0.962 bits per heavy atom. The zero-order valence-corrected chi connectivity index (χ0v) is 45.3. The van der Waals surface area contributed by atoms with Crippen LogP contribution in [-0.4, -0.2) is 91.6 Å². The quantitative estimate of drug-likeness (QED) is 0.0420. The minimum atomic E-state index is -4.16. The summed E-state index contributed by atoms with van der Waals surface area (Å²) in [5.41, 5.74) is 2.29. The molecule has 2 bridgehead atoms. The second kappa shape index (κ2) is 20.6. The number of imidazole rings is 1. The summed E-state index contributed by atoms with van der Waals surface area (Å²) in [5, 5.41) is 20.1. The molecular weight excluding hydrogens is 1040 g/mol.